The molecule has 4 heteroatoms. The van der Waals surface area contributed by atoms with E-state index in [4.69, 9.17) is 0 Å². The highest BCUT2D eigenvalue weighted by Crippen LogP contribution is 2.13. The van der Waals surface area contributed by atoms with E-state index in [1.54, 1.807) is 12.4 Å². The van der Waals surface area contributed by atoms with Gasteiger partial charge in [-0.05, 0) is 44.8 Å². The lowest BCUT2D eigenvalue weighted by Gasteiger charge is -2.29. The van der Waals surface area contributed by atoms with Crippen LogP contribution < -0.4 is 5.32 Å². The van der Waals surface area contributed by atoms with E-state index in [1.807, 2.05) is 6.20 Å². The highest BCUT2D eigenvalue weighted by molar-refractivity contribution is 4.94. The second-order valence-corrected chi connectivity index (χ2v) is 5.14. The molecule has 100 valence electrons. The fourth-order valence-corrected chi connectivity index (χ4v) is 2.64. The zero-order valence-corrected chi connectivity index (χ0v) is 11.3. The van der Waals surface area contributed by atoms with Crippen molar-refractivity contribution >= 4 is 0 Å². The Bertz CT molecular complexity index is 322. The van der Waals surface area contributed by atoms with E-state index in [-0.39, 0.29) is 0 Å². The lowest BCUT2D eigenvalue weighted by Crippen LogP contribution is -2.38. The SMILES string of the molecule is CCCN(Cc1cnccn1)CC1CCCNC1. The number of hydrogen-bond acceptors (Lipinski definition) is 4. The summed E-state index contributed by atoms with van der Waals surface area (Å²) in [6, 6.07) is 0. The van der Waals surface area contributed by atoms with Gasteiger partial charge in [0.15, 0.2) is 0 Å². The van der Waals surface area contributed by atoms with Crippen LogP contribution in [0.3, 0.4) is 0 Å². The van der Waals surface area contributed by atoms with Gasteiger partial charge in [0.05, 0.1) is 5.69 Å². The minimum Gasteiger partial charge on any atom is -0.316 e. The molecule has 1 aliphatic rings. The maximum atomic E-state index is 4.37. The number of nitrogens with zero attached hydrogens (tertiary/aromatic N) is 3. The van der Waals surface area contributed by atoms with Crippen LogP contribution in [0.25, 0.3) is 0 Å². The summed E-state index contributed by atoms with van der Waals surface area (Å²) in [5, 5.41) is 3.49. The molecule has 1 saturated heterocycles. The van der Waals surface area contributed by atoms with Crippen molar-refractivity contribution in [2.45, 2.75) is 32.7 Å². The van der Waals surface area contributed by atoms with Crippen LogP contribution in [-0.2, 0) is 6.54 Å². The summed E-state index contributed by atoms with van der Waals surface area (Å²) < 4.78 is 0. The molecule has 2 rings (SSSR count). The average Bonchev–Trinajstić information content (AvgIpc) is 2.41. The molecule has 0 aromatic carbocycles. The predicted molar refractivity (Wildman–Crippen MR) is 73.2 cm³/mol. The third-order valence-corrected chi connectivity index (χ3v) is 3.46. The molecule has 0 aliphatic carbocycles. The summed E-state index contributed by atoms with van der Waals surface area (Å²) in [6.07, 6.45) is 9.26. The van der Waals surface area contributed by atoms with E-state index in [1.165, 1.54) is 38.9 Å². The van der Waals surface area contributed by atoms with Gasteiger partial charge in [-0.3, -0.25) is 14.9 Å². The Kier molecular flexibility index (Phi) is 5.55. The first-order chi connectivity index (χ1) is 8.88. The molecular weight excluding hydrogens is 224 g/mol. The van der Waals surface area contributed by atoms with E-state index >= 15 is 0 Å². The third kappa shape index (κ3) is 4.35. The molecule has 0 radical (unpaired) electrons. The van der Waals surface area contributed by atoms with Crippen LogP contribution in [0.1, 0.15) is 31.9 Å². The number of aromatic nitrogens is 2. The summed E-state index contributed by atoms with van der Waals surface area (Å²) in [7, 11) is 0. The summed E-state index contributed by atoms with van der Waals surface area (Å²) in [5.74, 6) is 0.793. The molecule has 1 aromatic rings. The van der Waals surface area contributed by atoms with Crippen molar-refractivity contribution in [1.82, 2.24) is 20.2 Å². The molecule has 0 bridgehead atoms. The Labute approximate surface area is 110 Å². The maximum absolute atomic E-state index is 4.37. The molecular formula is C14H24N4. The molecule has 2 heterocycles. The number of piperidine rings is 1. The fourth-order valence-electron chi connectivity index (χ4n) is 2.64. The van der Waals surface area contributed by atoms with Gasteiger partial charge in [-0.25, -0.2) is 0 Å². The molecule has 1 aliphatic heterocycles. The Morgan fingerprint density at radius 2 is 2.39 bits per heavy atom. The fraction of sp³-hybridized carbons (Fsp3) is 0.714. The molecule has 1 fully saturated rings. The van der Waals surface area contributed by atoms with E-state index < -0.39 is 0 Å². The van der Waals surface area contributed by atoms with Crippen molar-refractivity contribution in [3.05, 3.63) is 24.3 Å². The lowest BCUT2D eigenvalue weighted by atomic mass is 9.99. The molecule has 1 atom stereocenters. The lowest BCUT2D eigenvalue weighted by molar-refractivity contribution is 0.199. The second kappa shape index (κ2) is 7.44. The highest BCUT2D eigenvalue weighted by atomic mass is 15.1. The van der Waals surface area contributed by atoms with Gasteiger partial charge in [-0.1, -0.05) is 6.92 Å². The summed E-state index contributed by atoms with van der Waals surface area (Å²) >= 11 is 0. The smallest absolute Gasteiger partial charge is 0.0726 e. The molecule has 4 nitrogen and oxygen atoms in total. The first kappa shape index (κ1) is 13.4. The molecule has 1 N–H and O–H groups in total. The zero-order chi connectivity index (χ0) is 12.6. The van der Waals surface area contributed by atoms with Gasteiger partial charge in [-0.2, -0.15) is 0 Å². The molecule has 0 saturated carbocycles. The topological polar surface area (TPSA) is 41.1 Å². The van der Waals surface area contributed by atoms with E-state index in [0.29, 0.717) is 0 Å². The third-order valence-electron chi connectivity index (χ3n) is 3.46. The molecule has 1 unspecified atom stereocenters. The van der Waals surface area contributed by atoms with Crippen molar-refractivity contribution in [2.75, 3.05) is 26.2 Å². The van der Waals surface area contributed by atoms with Crippen LogP contribution in [0, 0.1) is 5.92 Å². The Hall–Kier alpha value is -1.00. The van der Waals surface area contributed by atoms with Gasteiger partial charge in [0, 0.05) is 31.7 Å². The minimum absolute atomic E-state index is 0.793. The number of rotatable bonds is 6. The standard InChI is InChI=1S/C14H24N4/c1-2-8-18(11-13-4-3-5-15-9-13)12-14-10-16-6-7-17-14/h6-7,10,13,15H,2-5,8-9,11-12H2,1H3. The normalized spacial score (nSPS) is 20.2. The van der Waals surface area contributed by atoms with Crippen molar-refractivity contribution in [3.8, 4) is 0 Å². The highest BCUT2D eigenvalue weighted by Gasteiger charge is 2.17. The number of hydrogen-bond donors (Lipinski definition) is 1. The molecule has 1 aromatic heterocycles. The van der Waals surface area contributed by atoms with Gasteiger partial charge in [0.25, 0.3) is 0 Å². The minimum atomic E-state index is 0.793. The summed E-state index contributed by atoms with van der Waals surface area (Å²) in [4.78, 5) is 11.0. The summed E-state index contributed by atoms with van der Waals surface area (Å²) in [6.45, 7) is 7.85. The predicted octanol–water partition coefficient (Wildman–Crippen LogP) is 1.69. The average molecular weight is 248 g/mol. The van der Waals surface area contributed by atoms with Crippen molar-refractivity contribution in [2.24, 2.45) is 5.92 Å². The van der Waals surface area contributed by atoms with Crippen molar-refractivity contribution in [1.29, 1.82) is 0 Å². The van der Waals surface area contributed by atoms with Gasteiger partial charge >= 0.3 is 0 Å². The van der Waals surface area contributed by atoms with Gasteiger partial charge in [0.2, 0.25) is 0 Å². The van der Waals surface area contributed by atoms with Crippen LogP contribution in [-0.4, -0.2) is 41.0 Å². The first-order valence-electron chi connectivity index (χ1n) is 7.06. The van der Waals surface area contributed by atoms with E-state index in [2.05, 4.69) is 27.1 Å². The Morgan fingerprint density at radius 3 is 3.06 bits per heavy atom. The van der Waals surface area contributed by atoms with Crippen LogP contribution in [0.4, 0.5) is 0 Å². The Balaban J connectivity index is 1.86. The molecule has 0 amide bonds. The van der Waals surface area contributed by atoms with Crippen LogP contribution in [0.15, 0.2) is 18.6 Å². The summed E-state index contributed by atoms with van der Waals surface area (Å²) in [5.41, 5.74) is 1.08. The maximum Gasteiger partial charge on any atom is 0.0726 e. The monoisotopic (exact) mass is 248 g/mol. The van der Waals surface area contributed by atoms with Crippen molar-refractivity contribution < 1.29 is 0 Å². The molecule has 0 spiro atoms. The Morgan fingerprint density at radius 1 is 1.44 bits per heavy atom. The first-order valence-corrected chi connectivity index (χ1v) is 7.06. The van der Waals surface area contributed by atoms with E-state index in [0.717, 1.165) is 24.7 Å². The molecule has 18 heavy (non-hydrogen) atoms. The number of nitrogens with one attached hydrogen (secondary N) is 1. The van der Waals surface area contributed by atoms with Crippen molar-refractivity contribution in [3.63, 3.8) is 0 Å². The van der Waals surface area contributed by atoms with Gasteiger partial charge in [0.1, 0.15) is 0 Å². The quantitative estimate of drug-likeness (QED) is 0.832. The van der Waals surface area contributed by atoms with Gasteiger partial charge in [-0.15, -0.1) is 0 Å². The van der Waals surface area contributed by atoms with Crippen LogP contribution >= 0.6 is 0 Å². The van der Waals surface area contributed by atoms with E-state index in [9.17, 15) is 0 Å². The second-order valence-electron chi connectivity index (χ2n) is 5.14. The van der Waals surface area contributed by atoms with Crippen LogP contribution in [0.5, 0.6) is 0 Å². The zero-order valence-electron chi connectivity index (χ0n) is 11.3. The van der Waals surface area contributed by atoms with Gasteiger partial charge < -0.3 is 5.32 Å². The largest absolute Gasteiger partial charge is 0.316 e. The van der Waals surface area contributed by atoms with Crippen LogP contribution in [0.2, 0.25) is 0 Å².